The topological polar surface area (TPSA) is 89.2 Å². The van der Waals surface area contributed by atoms with Crippen LogP contribution in [0.4, 0.5) is 13.2 Å². The molecule has 0 aliphatic heterocycles. The number of nitrogens with one attached hydrogen (secondary N) is 2. The third kappa shape index (κ3) is 6.22. The van der Waals surface area contributed by atoms with Crippen molar-refractivity contribution >= 4 is 5.96 Å². The third-order valence-electron chi connectivity index (χ3n) is 3.19. The first-order chi connectivity index (χ1) is 12.4. The van der Waals surface area contributed by atoms with Gasteiger partial charge in [0.2, 0.25) is 5.88 Å². The van der Waals surface area contributed by atoms with Gasteiger partial charge in [-0.1, -0.05) is 6.07 Å². The van der Waals surface area contributed by atoms with E-state index in [1.165, 1.54) is 12.5 Å². The molecule has 0 radical (unpaired) electrons. The van der Waals surface area contributed by atoms with E-state index < -0.39 is 12.8 Å². The van der Waals surface area contributed by atoms with Gasteiger partial charge in [0.05, 0.1) is 13.1 Å². The molecule has 0 fully saturated rings. The highest BCUT2D eigenvalue weighted by molar-refractivity contribution is 5.79. The first-order valence-electron chi connectivity index (χ1n) is 7.87. The normalized spacial score (nSPS) is 12.1. The number of hydrogen-bond donors (Lipinski definition) is 2. The lowest BCUT2D eigenvalue weighted by atomic mass is 10.3. The second kappa shape index (κ2) is 9.02. The van der Waals surface area contributed by atoms with Crippen LogP contribution < -0.4 is 15.4 Å². The molecular formula is C15H20F3N7O. The molecule has 0 amide bonds. The Hall–Kier alpha value is -2.85. The summed E-state index contributed by atoms with van der Waals surface area (Å²) in [6.45, 7) is 1.63. The molecule has 0 spiro atoms. The summed E-state index contributed by atoms with van der Waals surface area (Å²) in [5.41, 5.74) is 0.451. The highest BCUT2D eigenvalue weighted by atomic mass is 19.4. The Labute approximate surface area is 148 Å². The Morgan fingerprint density at radius 3 is 2.77 bits per heavy atom. The van der Waals surface area contributed by atoms with Crippen LogP contribution in [-0.4, -0.2) is 45.0 Å². The minimum absolute atomic E-state index is 0.0854. The summed E-state index contributed by atoms with van der Waals surface area (Å²) >= 11 is 0. The molecule has 2 aromatic rings. The zero-order valence-electron chi connectivity index (χ0n) is 14.4. The number of pyridine rings is 1. The molecule has 0 atom stereocenters. The van der Waals surface area contributed by atoms with Gasteiger partial charge in [0.25, 0.3) is 0 Å². The largest absolute Gasteiger partial charge is 0.468 e. The average Bonchev–Trinajstić information content (AvgIpc) is 3.00. The Morgan fingerprint density at radius 2 is 2.12 bits per heavy atom. The van der Waals surface area contributed by atoms with Gasteiger partial charge in [0, 0.05) is 25.4 Å². The Bertz CT molecular complexity index is 730. The second-order valence-electron chi connectivity index (χ2n) is 5.22. The summed E-state index contributed by atoms with van der Waals surface area (Å²) in [5.74, 6) is 1.12. The maximum absolute atomic E-state index is 12.3. The zero-order chi connectivity index (χ0) is 19.0. The van der Waals surface area contributed by atoms with Gasteiger partial charge < -0.3 is 15.4 Å². The number of nitrogens with zero attached hydrogens (tertiary/aromatic N) is 5. The lowest BCUT2D eigenvalue weighted by molar-refractivity contribution is -0.154. The van der Waals surface area contributed by atoms with E-state index in [1.807, 2.05) is 6.92 Å². The molecule has 0 saturated carbocycles. The van der Waals surface area contributed by atoms with Crippen LogP contribution in [0.2, 0.25) is 0 Å². The van der Waals surface area contributed by atoms with E-state index in [4.69, 9.17) is 4.74 Å². The first kappa shape index (κ1) is 19.5. The van der Waals surface area contributed by atoms with Gasteiger partial charge in [-0.3, -0.25) is 4.68 Å². The van der Waals surface area contributed by atoms with Crippen molar-refractivity contribution < 1.29 is 17.9 Å². The summed E-state index contributed by atoms with van der Waals surface area (Å²) in [5, 5.41) is 10.1. The van der Waals surface area contributed by atoms with Crippen molar-refractivity contribution in [3.05, 3.63) is 36.0 Å². The van der Waals surface area contributed by atoms with E-state index in [9.17, 15) is 13.2 Å². The van der Waals surface area contributed by atoms with Crippen LogP contribution >= 0.6 is 0 Å². The van der Waals surface area contributed by atoms with E-state index in [0.717, 1.165) is 0 Å². The third-order valence-corrected chi connectivity index (χ3v) is 3.19. The molecule has 2 N–H and O–H groups in total. The van der Waals surface area contributed by atoms with Crippen molar-refractivity contribution in [2.75, 3.05) is 13.2 Å². The average molecular weight is 371 g/mol. The SMILES string of the molecule is CCNC(=NCc1cccnc1OCC(F)(F)F)NCc1ncnn1C. The number of ether oxygens (including phenoxy) is 1. The molecule has 0 aromatic carbocycles. The first-order valence-corrected chi connectivity index (χ1v) is 7.87. The van der Waals surface area contributed by atoms with Crippen LogP contribution in [0.25, 0.3) is 0 Å². The maximum Gasteiger partial charge on any atom is 0.422 e. The molecule has 0 unspecified atom stereocenters. The van der Waals surface area contributed by atoms with E-state index >= 15 is 0 Å². The van der Waals surface area contributed by atoms with Crippen LogP contribution in [0.3, 0.4) is 0 Å². The van der Waals surface area contributed by atoms with Crippen molar-refractivity contribution in [3.8, 4) is 5.88 Å². The van der Waals surface area contributed by atoms with Gasteiger partial charge in [-0.2, -0.15) is 18.3 Å². The van der Waals surface area contributed by atoms with Crippen LogP contribution in [0.15, 0.2) is 29.6 Å². The molecule has 2 heterocycles. The minimum Gasteiger partial charge on any atom is -0.468 e. The van der Waals surface area contributed by atoms with Gasteiger partial charge in [-0.25, -0.2) is 15.0 Å². The number of aliphatic imine (C=N–C) groups is 1. The quantitative estimate of drug-likeness (QED) is 0.565. The molecular weight excluding hydrogens is 351 g/mol. The maximum atomic E-state index is 12.3. The fourth-order valence-electron chi connectivity index (χ4n) is 1.97. The van der Waals surface area contributed by atoms with E-state index in [0.29, 0.717) is 30.4 Å². The van der Waals surface area contributed by atoms with Gasteiger partial charge in [-0.15, -0.1) is 0 Å². The van der Waals surface area contributed by atoms with Crippen LogP contribution in [0, 0.1) is 0 Å². The van der Waals surface area contributed by atoms with Crippen molar-refractivity contribution in [1.82, 2.24) is 30.4 Å². The molecule has 26 heavy (non-hydrogen) atoms. The van der Waals surface area contributed by atoms with Gasteiger partial charge in [0.1, 0.15) is 12.2 Å². The molecule has 0 aliphatic carbocycles. The van der Waals surface area contributed by atoms with E-state index in [-0.39, 0.29) is 12.4 Å². The monoisotopic (exact) mass is 371 g/mol. The lowest BCUT2D eigenvalue weighted by Crippen LogP contribution is -2.37. The Morgan fingerprint density at radius 1 is 1.31 bits per heavy atom. The van der Waals surface area contributed by atoms with E-state index in [1.54, 1.807) is 23.9 Å². The predicted octanol–water partition coefficient (Wildman–Crippen LogP) is 1.41. The van der Waals surface area contributed by atoms with Gasteiger partial charge in [-0.05, 0) is 13.0 Å². The fraction of sp³-hybridized carbons (Fsp3) is 0.467. The van der Waals surface area contributed by atoms with Crippen molar-refractivity contribution in [1.29, 1.82) is 0 Å². The number of halogens is 3. The smallest absolute Gasteiger partial charge is 0.422 e. The number of aromatic nitrogens is 4. The summed E-state index contributed by atoms with van der Waals surface area (Å²) in [6.07, 6.45) is -1.61. The van der Waals surface area contributed by atoms with Crippen LogP contribution in [0.1, 0.15) is 18.3 Å². The minimum atomic E-state index is -4.43. The molecule has 0 bridgehead atoms. The summed E-state index contributed by atoms with van der Waals surface area (Å²) in [7, 11) is 1.77. The molecule has 142 valence electrons. The standard InChI is InChI=1S/C15H20F3N7O/c1-3-19-14(22-8-12-23-10-24-25(12)2)21-7-11-5-4-6-20-13(11)26-9-15(16,17)18/h4-6,10H,3,7-9H2,1-2H3,(H2,19,21,22). The van der Waals surface area contributed by atoms with Gasteiger partial charge in [0.15, 0.2) is 12.6 Å². The number of hydrogen-bond acceptors (Lipinski definition) is 5. The van der Waals surface area contributed by atoms with Gasteiger partial charge >= 0.3 is 6.18 Å². The molecule has 11 heteroatoms. The summed E-state index contributed by atoms with van der Waals surface area (Å²) in [6, 6.07) is 3.24. The molecule has 0 aliphatic rings. The van der Waals surface area contributed by atoms with Crippen LogP contribution in [-0.2, 0) is 20.1 Å². The highest BCUT2D eigenvalue weighted by Crippen LogP contribution is 2.20. The van der Waals surface area contributed by atoms with Crippen molar-refractivity contribution in [2.45, 2.75) is 26.2 Å². The summed E-state index contributed by atoms with van der Waals surface area (Å²) in [4.78, 5) is 12.3. The highest BCUT2D eigenvalue weighted by Gasteiger charge is 2.29. The lowest BCUT2D eigenvalue weighted by Gasteiger charge is -2.13. The number of alkyl halides is 3. The Balaban J connectivity index is 2.03. The second-order valence-corrected chi connectivity index (χ2v) is 5.22. The van der Waals surface area contributed by atoms with Crippen LogP contribution in [0.5, 0.6) is 5.88 Å². The zero-order valence-corrected chi connectivity index (χ0v) is 14.4. The Kier molecular flexibility index (Phi) is 6.75. The number of guanidine groups is 1. The van der Waals surface area contributed by atoms with E-state index in [2.05, 4.69) is 30.7 Å². The predicted molar refractivity (Wildman–Crippen MR) is 88.4 cm³/mol. The van der Waals surface area contributed by atoms with Crippen molar-refractivity contribution in [3.63, 3.8) is 0 Å². The van der Waals surface area contributed by atoms with Crippen molar-refractivity contribution in [2.24, 2.45) is 12.0 Å². The molecule has 2 rings (SSSR count). The molecule has 0 saturated heterocycles. The number of aryl methyl sites for hydroxylation is 1. The number of rotatable bonds is 7. The molecule has 8 nitrogen and oxygen atoms in total. The molecule has 2 aromatic heterocycles. The fourth-order valence-corrected chi connectivity index (χ4v) is 1.97. The summed E-state index contributed by atoms with van der Waals surface area (Å²) < 4.78 is 43.4.